The summed E-state index contributed by atoms with van der Waals surface area (Å²) in [6.45, 7) is 2.88. The van der Waals surface area contributed by atoms with Gasteiger partial charge < -0.3 is 5.11 Å². The van der Waals surface area contributed by atoms with E-state index >= 15 is 0 Å². The molecule has 0 radical (unpaired) electrons. The molecule has 0 fully saturated rings. The second-order valence-electron chi connectivity index (χ2n) is 4.31. The summed E-state index contributed by atoms with van der Waals surface area (Å²) in [5.41, 5.74) is 1.01. The zero-order valence-electron chi connectivity index (χ0n) is 10.9. The molecule has 2 rings (SSSR count). The summed E-state index contributed by atoms with van der Waals surface area (Å²) < 4.78 is 0. The number of nitrogens with zero attached hydrogens (tertiary/aromatic N) is 1. The molecule has 0 amide bonds. The maximum atomic E-state index is 11.4. The predicted molar refractivity (Wildman–Crippen MR) is 78.1 cm³/mol. The number of benzene rings is 2. The van der Waals surface area contributed by atoms with Crippen LogP contribution >= 0.6 is 0 Å². The second-order valence-corrected chi connectivity index (χ2v) is 4.31. The van der Waals surface area contributed by atoms with Gasteiger partial charge in [-0.25, -0.2) is 0 Å². The molecule has 2 aromatic carbocycles. The molecule has 0 heterocycles. The minimum absolute atomic E-state index is 0.0171. The van der Waals surface area contributed by atoms with Gasteiger partial charge in [0, 0.05) is 11.6 Å². The van der Waals surface area contributed by atoms with Crippen LogP contribution in [-0.4, -0.2) is 17.1 Å². The lowest BCUT2D eigenvalue weighted by Crippen LogP contribution is -2.01. The topological polar surface area (TPSA) is 49.7 Å². The minimum atomic E-state index is -0.205. The second kappa shape index (κ2) is 5.48. The van der Waals surface area contributed by atoms with Gasteiger partial charge in [0.25, 0.3) is 0 Å². The molecule has 1 N–H and O–H groups in total. The van der Waals surface area contributed by atoms with Gasteiger partial charge >= 0.3 is 0 Å². The fourth-order valence-corrected chi connectivity index (χ4v) is 1.89. The third kappa shape index (κ3) is 2.88. The number of hydrogen-bond acceptors (Lipinski definition) is 3. The highest BCUT2D eigenvalue weighted by Gasteiger charge is 2.05. The SMILES string of the molecule is CC(=O)/C(C=Nc1cccc2ccccc12)=C(\C)O. The first-order chi connectivity index (χ1) is 9.09. The van der Waals surface area contributed by atoms with E-state index in [1.54, 1.807) is 0 Å². The van der Waals surface area contributed by atoms with Gasteiger partial charge in [-0.05, 0) is 25.3 Å². The molecular weight excluding hydrogens is 238 g/mol. The lowest BCUT2D eigenvalue weighted by molar-refractivity contribution is -0.113. The molecular formula is C16H15NO2. The summed E-state index contributed by atoms with van der Waals surface area (Å²) in [4.78, 5) is 15.7. The average Bonchev–Trinajstić information content (AvgIpc) is 2.38. The Bertz CT molecular complexity index is 675. The van der Waals surface area contributed by atoms with Crippen molar-refractivity contribution in [2.24, 2.45) is 4.99 Å². The molecule has 2 aromatic rings. The van der Waals surface area contributed by atoms with Gasteiger partial charge in [0.2, 0.25) is 0 Å². The van der Waals surface area contributed by atoms with Crippen LogP contribution < -0.4 is 0 Å². The number of carbonyl (C=O) groups excluding carboxylic acids is 1. The van der Waals surface area contributed by atoms with E-state index in [1.807, 2.05) is 42.5 Å². The molecule has 0 aliphatic rings. The van der Waals surface area contributed by atoms with Gasteiger partial charge in [0.05, 0.1) is 11.3 Å². The number of Topliss-reactive ketones (excluding diaryl/α,β-unsaturated/α-hetero) is 1. The number of aliphatic hydroxyl groups excluding tert-OH is 1. The number of fused-ring (bicyclic) bond motifs is 1. The molecule has 0 atom stereocenters. The third-order valence-corrected chi connectivity index (χ3v) is 2.87. The molecule has 3 heteroatoms. The van der Waals surface area contributed by atoms with E-state index in [-0.39, 0.29) is 17.1 Å². The van der Waals surface area contributed by atoms with Crippen LogP contribution in [0.3, 0.4) is 0 Å². The molecule has 0 saturated carbocycles. The maximum Gasteiger partial charge on any atom is 0.164 e. The Labute approximate surface area is 111 Å². The number of hydrogen-bond donors (Lipinski definition) is 1. The monoisotopic (exact) mass is 253 g/mol. The van der Waals surface area contributed by atoms with E-state index in [1.165, 1.54) is 20.1 Å². The van der Waals surface area contributed by atoms with Gasteiger partial charge in [0.1, 0.15) is 5.76 Å². The van der Waals surface area contributed by atoms with Crippen molar-refractivity contribution in [3.63, 3.8) is 0 Å². The predicted octanol–water partition coefficient (Wildman–Crippen LogP) is 3.96. The minimum Gasteiger partial charge on any atom is -0.512 e. The molecule has 0 saturated heterocycles. The highest BCUT2D eigenvalue weighted by Crippen LogP contribution is 2.25. The van der Waals surface area contributed by atoms with Gasteiger partial charge in [-0.2, -0.15) is 0 Å². The smallest absolute Gasteiger partial charge is 0.164 e. The number of aliphatic hydroxyl groups is 1. The number of carbonyl (C=O) groups is 1. The molecule has 3 nitrogen and oxygen atoms in total. The van der Waals surface area contributed by atoms with E-state index in [2.05, 4.69) is 4.99 Å². The lowest BCUT2D eigenvalue weighted by Gasteiger charge is -2.02. The van der Waals surface area contributed by atoms with Crippen LogP contribution in [0.25, 0.3) is 10.8 Å². The largest absolute Gasteiger partial charge is 0.512 e. The number of allylic oxidation sites excluding steroid dienone is 2. The normalized spacial score (nSPS) is 12.7. The molecule has 0 aromatic heterocycles. The van der Waals surface area contributed by atoms with E-state index in [4.69, 9.17) is 0 Å². The summed E-state index contributed by atoms with van der Waals surface area (Å²) >= 11 is 0. The Morgan fingerprint density at radius 1 is 1.11 bits per heavy atom. The lowest BCUT2D eigenvalue weighted by atomic mass is 10.1. The molecule has 0 aliphatic heterocycles. The fraction of sp³-hybridized carbons (Fsp3) is 0.125. The van der Waals surface area contributed by atoms with E-state index in [9.17, 15) is 9.90 Å². The zero-order valence-corrected chi connectivity index (χ0v) is 10.9. The Morgan fingerprint density at radius 2 is 1.79 bits per heavy atom. The van der Waals surface area contributed by atoms with Gasteiger partial charge in [-0.3, -0.25) is 9.79 Å². The Hall–Kier alpha value is -2.42. The van der Waals surface area contributed by atoms with E-state index in [0.29, 0.717) is 0 Å². The standard InChI is InChI=1S/C16H15NO2/c1-11(18)15(12(2)19)10-17-16-9-5-7-13-6-3-4-8-14(13)16/h3-10,18H,1-2H3/b15-11+,17-10?. The quantitative estimate of drug-likeness (QED) is 0.511. The third-order valence-electron chi connectivity index (χ3n) is 2.87. The average molecular weight is 253 g/mol. The summed E-state index contributed by atoms with van der Waals surface area (Å²) in [5, 5.41) is 11.5. The van der Waals surface area contributed by atoms with E-state index < -0.39 is 0 Å². The molecule has 0 spiro atoms. The summed E-state index contributed by atoms with van der Waals surface area (Å²) in [6, 6.07) is 13.7. The van der Waals surface area contributed by atoms with Crippen LogP contribution in [0.2, 0.25) is 0 Å². The number of rotatable bonds is 3. The molecule has 96 valence electrons. The van der Waals surface area contributed by atoms with Crippen LogP contribution in [0.1, 0.15) is 13.8 Å². The highest BCUT2D eigenvalue weighted by atomic mass is 16.3. The Balaban J connectivity index is 2.47. The first-order valence-corrected chi connectivity index (χ1v) is 6.02. The van der Waals surface area contributed by atoms with E-state index in [0.717, 1.165) is 16.5 Å². The number of ketones is 1. The van der Waals surface area contributed by atoms with Crippen molar-refractivity contribution in [1.29, 1.82) is 0 Å². The van der Waals surface area contributed by atoms with Crippen molar-refractivity contribution in [1.82, 2.24) is 0 Å². The van der Waals surface area contributed by atoms with Gasteiger partial charge in [-0.15, -0.1) is 0 Å². The van der Waals surface area contributed by atoms with Crippen LogP contribution in [0.5, 0.6) is 0 Å². The van der Waals surface area contributed by atoms with Gasteiger partial charge in [-0.1, -0.05) is 36.4 Å². The maximum absolute atomic E-state index is 11.4. The van der Waals surface area contributed by atoms with Crippen molar-refractivity contribution < 1.29 is 9.90 Å². The summed E-state index contributed by atoms with van der Waals surface area (Å²) in [6.07, 6.45) is 1.42. The summed E-state index contributed by atoms with van der Waals surface area (Å²) in [5.74, 6) is -0.222. The van der Waals surface area contributed by atoms with Crippen molar-refractivity contribution in [3.8, 4) is 0 Å². The van der Waals surface area contributed by atoms with Crippen LogP contribution in [0, 0.1) is 0 Å². The molecule has 0 unspecified atom stereocenters. The van der Waals surface area contributed by atoms with Crippen molar-refractivity contribution >= 4 is 28.5 Å². The first kappa shape index (κ1) is 13.0. The number of aliphatic imine (C=N–C) groups is 1. The van der Waals surface area contributed by atoms with Crippen molar-refractivity contribution in [2.75, 3.05) is 0 Å². The molecule has 0 bridgehead atoms. The summed E-state index contributed by atoms with van der Waals surface area (Å²) in [7, 11) is 0. The first-order valence-electron chi connectivity index (χ1n) is 6.02. The van der Waals surface area contributed by atoms with Gasteiger partial charge in [0.15, 0.2) is 5.78 Å². The van der Waals surface area contributed by atoms with Crippen molar-refractivity contribution in [2.45, 2.75) is 13.8 Å². The Morgan fingerprint density at radius 3 is 2.47 bits per heavy atom. The highest BCUT2D eigenvalue weighted by molar-refractivity contribution is 6.13. The van der Waals surface area contributed by atoms with Crippen LogP contribution in [0.4, 0.5) is 5.69 Å². The molecule has 0 aliphatic carbocycles. The molecule has 19 heavy (non-hydrogen) atoms. The van der Waals surface area contributed by atoms with Crippen LogP contribution in [0.15, 0.2) is 58.8 Å². The zero-order chi connectivity index (χ0) is 13.8. The fourth-order valence-electron chi connectivity index (χ4n) is 1.89. The van der Waals surface area contributed by atoms with Crippen molar-refractivity contribution in [3.05, 3.63) is 53.8 Å². The van der Waals surface area contributed by atoms with Crippen LogP contribution in [-0.2, 0) is 4.79 Å². The Kier molecular flexibility index (Phi) is 3.76.